The second-order valence-corrected chi connectivity index (χ2v) is 10.4. The van der Waals surface area contributed by atoms with Gasteiger partial charge < -0.3 is 34.9 Å². The van der Waals surface area contributed by atoms with Gasteiger partial charge in [-0.2, -0.15) is 0 Å². The molecule has 1 saturated heterocycles. The number of aliphatic hydroxyl groups is 1. The normalized spacial score (nSPS) is 18.8. The van der Waals surface area contributed by atoms with Gasteiger partial charge in [0, 0.05) is 5.56 Å². The average Bonchev–Trinajstić information content (AvgIpc) is 2.95. The van der Waals surface area contributed by atoms with Gasteiger partial charge in [0.05, 0.1) is 37.7 Å². The molecule has 1 aliphatic heterocycles. The summed E-state index contributed by atoms with van der Waals surface area (Å²) in [4.78, 5) is 67.4. The number of carboxylic acid groups (broad SMARTS) is 1. The Hall–Kier alpha value is -4.30. The zero-order valence-corrected chi connectivity index (χ0v) is 23.7. The summed E-state index contributed by atoms with van der Waals surface area (Å²) >= 11 is 0. The first-order chi connectivity index (χ1) is 19.8. The van der Waals surface area contributed by atoms with E-state index >= 15 is 0 Å². The summed E-state index contributed by atoms with van der Waals surface area (Å²) < 4.78 is 15.5. The van der Waals surface area contributed by atoms with Gasteiger partial charge in [0.15, 0.2) is 5.60 Å². The summed E-state index contributed by atoms with van der Waals surface area (Å²) in [7, 11) is -0.524. The highest BCUT2D eigenvalue weighted by Gasteiger charge is 2.55. The molecular formula is C28H34BN3O10. The number of carbonyl (C=O) groups excluding carboxylic acids is 4. The number of aliphatic carboxylic acids is 1. The summed E-state index contributed by atoms with van der Waals surface area (Å²) in [5.74, 6) is -6.23. The quantitative estimate of drug-likeness (QED) is 0.207. The maximum absolute atomic E-state index is 13.4. The third kappa shape index (κ3) is 8.14. The van der Waals surface area contributed by atoms with Crippen LogP contribution in [-0.2, 0) is 33.2 Å². The van der Waals surface area contributed by atoms with Crippen LogP contribution in [0.4, 0.5) is 0 Å². The monoisotopic (exact) mass is 583 g/mol. The van der Waals surface area contributed by atoms with Gasteiger partial charge in [-0.25, -0.2) is 9.78 Å². The Balaban J connectivity index is 1.82. The molecule has 2 aromatic rings. The highest BCUT2D eigenvalue weighted by Crippen LogP contribution is 2.30. The molecule has 13 nitrogen and oxygen atoms in total. The van der Waals surface area contributed by atoms with E-state index in [0.29, 0.717) is 5.69 Å². The first kappa shape index (κ1) is 32.2. The Labute approximate surface area is 243 Å². The van der Waals surface area contributed by atoms with Crippen molar-refractivity contribution in [3.05, 3.63) is 54.2 Å². The van der Waals surface area contributed by atoms with Gasteiger partial charge in [-0.3, -0.25) is 19.2 Å². The highest BCUT2D eigenvalue weighted by atomic mass is 16.7. The van der Waals surface area contributed by atoms with Crippen molar-refractivity contribution in [2.45, 2.75) is 63.7 Å². The predicted octanol–water partition coefficient (Wildman–Crippen LogP) is 1.14. The van der Waals surface area contributed by atoms with Crippen molar-refractivity contribution < 1.29 is 48.2 Å². The van der Waals surface area contributed by atoms with Crippen molar-refractivity contribution in [3.63, 3.8) is 0 Å². The fraction of sp³-hybridized carbons (Fsp3) is 0.429. The number of aliphatic hydroxyl groups excluding tert-OH is 1. The molecule has 3 rings (SSSR count). The number of amides is 2. The van der Waals surface area contributed by atoms with Crippen LogP contribution < -0.4 is 10.6 Å². The fourth-order valence-corrected chi connectivity index (χ4v) is 4.44. The molecule has 4 N–H and O–H groups in total. The second-order valence-electron chi connectivity index (χ2n) is 10.4. The highest BCUT2D eigenvalue weighted by molar-refractivity contribution is 6.50. The first-order valence-electron chi connectivity index (χ1n) is 13.3. The van der Waals surface area contributed by atoms with Gasteiger partial charge >= 0.3 is 19.1 Å². The van der Waals surface area contributed by atoms with E-state index in [1.165, 1.54) is 13.0 Å². The molecule has 2 amide bonds. The molecule has 0 spiro atoms. The third-order valence-electron chi connectivity index (χ3n) is 6.55. The SMILES string of the molecule is COC(=O)C[C@@]1(C(=O)O)CC(=O)OB(C(CC(C)C)NC(=O)C(NC(=O)c2cccc(-c3ccccc3)n2)C(C)O)O1. The van der Waals surface area contributed by atoms with Gasteiger partial charge in [-0.05, 0) is 31.4 Å². The number of hydrogen-bond donors (Lipinski definition) is 4. The number of nitrogens with zero attached hydrogens (tertiary/aromatic N) is 1. The maximum atomic E-state index is 13.4. The lowest BCUT2D eigenvalue weighted by Gasteiger charge is -2.38. The van der Waals surface area contributed by atoms with Crippen LogP contribution in [0.15, 0.2) is 48.5 Å². The van der Waals surface area contributed by atoms with Crippen molar-refractivity contribution in [1.29, 1.82) is 0 Å². The topological polar surface area (TPSA) is 190 Å². The first-order valence-corrected chi connectivity index (χ1v) is 13.3. The Kier molecular flexibility index (Phi) is 10.8. The van der Waals surface area contributed by atoms with Crippen LogP contribution in [0, 0.1) is 5.92 Å². The minimum absolute atomic E-state index is 0.00660. The van der Waals surface area contributed by atoms with E-state index in [1.807, 2.05) is 44.2 Å². The van der Waals surface area contributed by atoms with Gasteiger partial charge in [-0.15, -0.1) is 0 Å². The number of nitrogens with one attached hydrogen (secondary N) is 2. The molecule has 0 aliphatic carbocycles. The Morgan fingerprint density at radius 1 is 1.07 bits per heavy atom. The van der Waals surface area contributed by atoms with Crippen LogP contribution in [0.2, 0.25) is 0 Å². The smallest absolute Gasteiger partial charge is 0.508 e. The number of hydrogen-bond acceptors (Lipinski definition) is 10. The molecule has 0 radical (unpaired) electrons. The second kappa shape index (κ2) is 14.1. The molecule has 3 unspecified atom stereocenters. The number of pyridine rings is 1. The van der Waals surface area contributed by atoms with Crippen LogP contribution in [-0.4, -0.2) is 82.8 Å². The van der Waals surface area contributed by atoms with Gasteiger partial charge in [0.2, 0.25) is 5.91 Å². The molecule has 0 saturated carbocycles. The van der Waals surface area contributed by atoms with Crippen LogP contribution in [0.25, 0.3) is 11.3 Å². The number of carbonyl (C=O) groups is 5. The van der Waals surface area contributed by atoms with Gasteiger partial charge in [0.25, 0.3) is 11.9 Å². The molecule has 1 aromatic carbocycles. The van der Waals surface area contributed by atoms with Crippen LogP contribution >= 0.6 is 0 Å². The molecule has 2 heterocycles. The van der Waals surface area contributed by atoms with Gasteiger partial charge in [-0.1, -0.05) is 50.2 Å². The van der Waals surface area contributed by atoms with E-state index in [4.69, 9.17) is 9.31 Å². The fourth-order valence-electron chi connectivity index (χ4n) is 4.44. The van der Waals surface area contributed by atoms with E-state index in [0.717, 1.165) is 12.7 Å². The largest absolute Gasteiger partial charge is 0.552 e. The number of esters is 1. The summed E-state index contributed by atoms with van der Waals surface area (Å²) in [5.41, 5.74) is -0.962. The van der Waals surface area contributed by atoms with E-state index in [-0.39, 0.29) is 18.0 Å². The van der Waals surface area contributed by atoms with E-state index < -0.39 is 73.4 Å². The number of methoxy groups -OCH3 is 1. The molecular weight excluding hydrogens is 549 g/mol. The zero-order chi connectivity index (χ0) is 31.0. The van der Waals surface area contributed by atoms with Crippen molar-refractivity contribution >= 4 is 36.8 Å². The summed E-state index contributed by atoms with van der Waals surface area (Å²) in [6.45, 7) is 4.92. The predicted molar refractivity (Wildman–Crippen MR) is 149 cm³/mol. The number of benzene rings is 1. The lowest BCUT2D eigenvalue weighted by molar-refractivity contribution is -0.175. The molecule has 1 aliphatic rings. The lowest BCUT2D eigenvalue weighted by atomic mass is 9.70. The van der Waals surface area contributed by atoms with Crippen molar-refractivity contribution in [3.8, 4) is 11.3 Å². The number of rotatable bonds is 12. The number of ether oxygens (including phenoxy) is 1. The molecule has 224 valence electrons. The molecule has 1 aromatic heterocycles. The Morgan fingerprint density at radius 2 is 1.76 bits per heavy atom. The maximum Gasteiger partial charge on any atom is 0.552 e. The average molecular weight is 583 g/mol. The Morgan fingerprint density at radius 3 is 2.36 bits per heavy atom. The van der Waals surface area contributed by atoms with Crippen molar-refractivity contribution in [2.75, 3.05) is 7.11 Å². The van der Waals surface area contributed by atoms with E-state index in [9.17, 15) is 34.2 Å². The van der Waals surface area contributed by atoms with Crippen LogP contribution in [0.5, 0.6) is 0 Å². The minimum Gasteiger partial charge on any atom is -0.508 e. The summed E-state index contributed by atoms with van der Waals surface area (Å²) in [5, 5.41) is 25.4. The number of aromatic nitrogens is 1. The summed E-state index contributed by atoms with van der Waals surface area (Å²) in [6.07, 6.45) is -2.73. The zero-order valence-electron chi connectivity index (χ0n) is 23.7. The molecule has 0 bridgehead atoms. The van der Waals surface area contributed by atoms with Crippen molar-refractivity contribution in [2.24, 2.45) is 5.92 Å². The van der Waals surface area contributed by atoms with E-state index in [2.05, 4.69) is 20.4 Å². The summed E-state index contributed by atoms with van der Waals surface area (Å²) in [6, 6.07) is 12.5. The van der Waals surface area contributed by atoms with E-state index in [1.54, 1.807) is 12.1 Å². The molecule has 42 heavy (non-hydrogen) atoms. The molecule has 14 heteroatoms. The molecule has 1 fully saturated rings. The Bertz CT molecular complexity index is 1310. The van der Waals surface area contributed by atoms with Crippen LogP contribution in [0.1, 0.15) is 50.5 Å². The third-order valence-corrected chi connectivity index (χ3v) is 6.55. The number of carboxylic acids is 1. The minimum atomic E-state index is -2.28. The van der Waals surface area contributed by atoms with Crippen molar-refractivity contribution in [1.82, 2.24) is 15.6 Å². The van der Waals surface area contributed by atoms with Crippen LogP contribution in [0.3, 0.4) is 0 Å². The standard InChI is InChI=1S/C28H34BN3O10/c1-16(2)13-21(29-41-23(35)15-28(42-29,27(38)39)14-22(34)40-4)31-26(37)24(17(3)33)32-25(36)20-12-8-11-19(30-20)18-9-6-5-7-10-18/h5-12,16-17,21,24,33H,13-15H2,1-4H3,(H,31,37)(H,32,36)(H,38,39)/t17?,21?,24?,28-/m0/s1. The van der Waals surface area contributed by atoms with Gasteiger partial charge in [0.1, 0.15) is 11.7 Å². The molecule has 4 atom stereocenters. The lowest BCUT2D eigenvalue weighted by Crippen LogP contribution is -2.63.